The van der Waals surface area contributed by atoms with E-state index in [1.54, 1.807) is 0 Å². The van der Waals surface area contributed by atoms with Crippen LogP contribution in [0.25, 0.3) is 0 Å². The van der Waals surface area contributed by atoms with Crippen molar-refractivity contribution in [2.24, 2.45) is 4.99 Å². The molecule has 1 heterocycles. The summed E-state index contributed by atoms with van der Waals surface area (Å²) in [5.41, 5.74) is 1.22. The van der Waals surface area contributed by atoms with Crippen LogP contribution >= 0.6 is 11.6 Å². The topological polar surface area (TPSA) is 48.9 Å². The number of likely N-dealkylation sites (N-methyl/N-ethyl adjacent to an activating group) is 1. The van der Waals surface area contributed by atoms with Crippen LogP contribution in [0.1, 0.15) is 25.3 Å². The highest BCUT2D eigenvalue weighted by molar-refractivity contribution is 6.30. The highest BCUT2D eigenvalue weighted by atomic mass is 35.5. The van der Waals surface area contributed by atoms with Gasteiger partial charge in [-0.25, -0.2) is 4.99 Å². The summed E-state index contributed by atoms with van der Waals surface area (Å²) in [5, 5.41) is 7.57. The highest BCUT2D eigenvalue weighted by Crippen LogP contribution is 2.25. The number of aliphatic imine (C=N–C) groups is 1. The molecule has 1 aromatic rings. The molecule has 134 valence electrons. The van der Waals surface area contributed by atoms with E-state index in [1.165, 1.54) is 0 Å². The van der Waals surface area contributed by atoms with E-state index in [0.29, 0.717) is 6.54 Å². The predicted octanol–water partition coefficient (Wildman–Crippen LogP) is 2.51. The molecule has 2 N–H and O–H groups in total. The van der Waals surface area contributed by atoms with Gasteiger partial charge in [0.1, 0.15) is 0 Å². The fourth-order valence-electron chi connectivity index (χ4n) is 2.93. The Balaban J connectivity index is 2.00. The fraction of sp³-hybridized carbons (Fsp3) is 0.611. The van der Waals surface area contributed by atoms with Gasteiger partial charge in [-0.2, -0.15) is 0 Å². The van der Waals surface area contributed by atoms with Gasteiger partial charge in [0.25, 0.3) is 0 Å². The van der Waals surface area contributed by atoms with Gasteiger partial charge in [0.2, 0.25) is 0 Å². The second-order valence-corrected chi connectivity index (χ2v) is 6.85. The Kier molecular flexibility index (Phi) is 7.34. The standard InChI is InChI=1S/C18H29ClN4O/c1-4-20-17(21-13-15-6-5-7-16(19)12-15)22-14-18(23(2)3)8-10-24-11-9-18/h5-7,12H,4,8-11,13-14H2,1-3H3,(H2,20,21,22). The van der Waals surface area contributed by atoms with Gasteiger partial charge in [-0.05, 0) is 51.6 Å². The summed E-state index contributed by atoms with van der Waals surface area (Å²) >= 11 is 6.04. The van der Waals surface area contributed by atoms with Gasteiger partial charge < -0.3 is 20.3 Å². The number of nitrogens with zero attached hydrogens (tertiary/aromatic N) is 2. The number of ether oxygens (including phenoxy) is 1. The Labute approximate surface area is 150 Å². The predicted molar refractivity (Wildman–Crippen MR) is 101 cm³/mol. The number of halogens is 1. The van der Waals surface area contributed by atoms with E-state index in [4.69, 9.17) is 16.3 Å². The van der Waals surface area contributed by atoms with Crippen molar-refractivity contribution in [3.8, 4) is 0 Å². The van der Waals surface area contributed by atoms with Crippen molar-refractivity contribution in [1.82, 2.24) is 15.5 Å². The summed E-state index contributed by atoms with van der Waals surface area (Å²) in [4.78, 5) is 6.99. The molecule has 0 aromatic heterocycles. The van der Waals surface area contributed by atoms with Gasteiger partial charge >= 0.3 is 0 Å². The molecule has 0 aliphatic carbocycles. The Bertz CT molecular complexity index is 542. The van der Waals surface area contributed by atoms with Crippen LogP contribution in [0.15, 0.2) is 29.3 Å². The van der Waals surface area contributed by atoms with Crippen molar-refractivity contribution in [3.63, 3.8) is 0 Å². The van der Waals surface area contributed by atoms with Crippen LogP contribution in [0.3, 0.4) is 0 Å². The molecule has 6 heteroatoms. The first kappa shape index (κ1) is 19.0. The van der Waals surface area contributed by atoms with E-state index >= 15 is 0 Å². The Morgan fingerprint density at radius 3 is 2.67 bits per heavy atom. The molecule has 1 aliphatic rings. The first-order valence-corrected chi connectivity index (χ1v) is 8.95. The van der Waals surface area contributed by atoms with E-state index in [0.717, 1.165) is 55.7 Å². The molecule has 1 saturated heterocycles. The molecular weight excluding hydrogens is 324 g/mol. The van der Waals surface area contributed by atoms with Crippen LogP contribution in [0.5, 0.6) is 0 Å². The lowest BCUT2D eigenvalue weighted by molar-refractivity contribution is -0.00501. The third-order valence-electron chi connectivity index (χ3n) is 4.61. The summed E-state index contributed by atoms with van der Waals surface area (Å²) in [5.74, 6) is 0.838. The van der Waals surface area contributed by atoms with Crippen molar-refractivity contribution in [3.05, 3.63) is 34.9 Å². The summed E-state index contributed by atoms with van der Waals surface area (Å²) < 4.78 is 5.53. The van der Waals surface area contributed by atoms with Crippen molar-refractivity contribution in [2.45, 2.75) is 31.8 Å². The maximum Gasteiger partial charge on any atom is 0.191 e. The average molecular weight is 353 g/mol. The van der Waals surface area contributed by atoms with Crippen LogP contribution in [-0.2, 0) is 11.3 Å². The van der Waals surface area contributed by atoms with Crippen LogP contribution in [0.2, 0.25) is 5.02 Å². The molecule has 0 spiro atoms. The smallest absolute Gasteiger partial charge is 0.191 e. The third-order valence-corrected chi connectivity index (χ3v) is 4.85. The fourth-order valence-corrected chi connectivity index (χ4v) is 3.14. The highest BCUT2D eigenvalue weighted by Gasteiger charge is 2.34. The average Bonchev–Trinajstić information content (AvgIpc) is 2.58. The van der Waals surface area contributed by atoms with E-state index in [2.05, 4.69) is 41.5 Å². The first-order chi connectivity index (χ1) is 11.6. The molecular formula is C18H29ClN4O. The third kappa shape index (κ3) is 5.36. The minimum absolute atomic E-state index is 0.116. The van der Waals surface area contributed by atoms with Gasteiger partial charge in [0.05, 0.1) is 6.54 Å². The number of nitrogens with one attached hydrogen (secondary N) is 2. The van der Waals surface area contributed by atoms with Crippen molar-refractivity contribution >= 4 is 17.6 Å². The zero-order valence-electron chi connectivity index (χ0n) is 14.9. The van der Waals surface area contributed by atoms with Crippen LogP contribution in [0, 0.1) is 0 Å². The maximum absolute atomic E-state index is 6.04. The molecule has 24 heavy (non-hydrogen) atoms. The van der Waals surface area contributed by atoms with E-state index < -0.39 is 0 Å². The Morgan fingerprint density at radius 2 is 2.04 bits per heavy atom. The van der Waals surface area contributed by atoms with Crippen molar-refractivity contribution in [1.29, 1.82) is 0 Å². The van der Waals surface area contributed by atoms with E-state index in [9.17, 15) is 0 Å². The second kappa shape index (κ2) is 9.25. The van der Waals surface area contributed by atoms with E-state index in [1.807, 2.05) is 24.3 Å². The summed E-state index contributed by atoms with van der Waals surface area (Å²) in [6.45, 7) is 6.00. The minimum Gasteiger partial charge on any atom is -0.381 e. The summed E-state index contributed by atoms with van der Waals surface area (Å²) in [7, 11) is 4.28. The zero-order valence-corrected chi connectivity index (χ0v) is 15.7. The first-order valence-electron chi connectivity index (χ1n) is 8.57. The van der Waals surface area contributed by atoms with Gasteiger partial charge in [-0.3, -0.25) is 0 Å². The van der Waals surface area contributed by atoms with Crippen LogP contribution in [-0.4, -0.2) is 56.8 Å². The molecule has 1 aromatic carbocycles. The minimum atomic E-state index is 0.116. The number of benzene rings is 1. The zero-order chi connectivity index (χ0) is 17.4. The van der Waals surface area contributed by atoms with Crippen molar-refractivity contribution < 1.29 is 4.74 Å². The van der Waals surface area contributed by atoms with Crippen LogP contribution in [0.4, 0.5) is 0 Å². The lowest BCUT2D eigenvalue weighted by Gasteiger charge is -2.43. The van der Waals surface area contributed by atoms with Crippen molar-refractivity contribution in [2.75, 3.05) is 40.4 Å². The summed E-state index contributed by atoms with van der Waals surface area (Å²) in [6, 6.07) is 7.83. The molecule has 0 radical (unpaired) electrons. The van der Waals surface area contributed by atoms with Gasteiger partial charge in [-0.1, -0.05) is 23.7 Å². The number of rotatable bonds is 6. The lowest BCUT2D eigenvalue weighted by Crippen LogP contribution is -2.57. The molecule has 0 saturated carbocycles. The maximum atomic E-state index is 6.04. The van der Waals surface area contributed by atoms with Gasteiger partial charge in [0, 0.05) is 36.9 Å². The quantitative estimate of drug-likeness (QED) is 0.610. The number of guanidine groups is 1. The summed E-state index contributed by atoms with van der Waals surface area (Å²) in [6.07, 6.45) is 2.06. The number of hydrogen-bond acceptors (Lipinski definition) is 3. The molecule has 5 nitrogen and oxygen atoms in total. The molecule has 0 atom stereocenters. The lowest BCUT2D eigenvalue weighted by atomic mass is 9.88. The molecule has 0 amide bonds. The SMILES string of the molecule is CCNC(=NCc1cccc(Cl)c1)NCC1(N(C)C)CCOCC1. The largest absolute Gasteiger partial charge is 0.381 e. The monoisotopic (exact) mass is 352 g/mol. The molecule has 1 aliphatic heterocycles. The Morgan fingerprint density at radius 1 is 1.29 bits per heavy atom. The van der Waals surface area contributed by atoms with Gasteiger partial charge in [0.15, 0.2) is 5.96 Å². The molecule has 1 fully saturated rings. The molecule has 2 rings (SSSR count). The second-order valence-electron chi connectivity index (χ2n) is 6.41. The van der Waals surface area contributed by atoms with Crippen LogP contribution < -0.4 is 10.6 Å². The molecule has 0 bridgehead atoms. The normalized spacial score (nSPS) is 17.8. The molecule has 0 unspecified atom stereocenters. The Hall–Kier alpha value is -1.30. The van der Waals surface area contributed by atoms with E-state index in [-0.39, 0.29) is 5.54 Å². The number of hydrogen-bond donors (Lipinski definition) is 2. The van der Waals surface area contributed by atoms with Gasteiger partial charge in [-0.15, -0.1) is 0 Å².